The van der Waals surface area contributed by atoms with Crippen LogP contribution in [0.2, 0.25) is 5.02 Å². The molecule has 17 heavy (non-hydrogen) atoms. The normalized spacial score (nSPS) is 19.2. The van der Waals surface area contributed by atoms with Crippen molar-refractivity contribution in [2.45, 2.75) is 44.2 Å². The Morgan fingerprint density at radius 3 is 2.71 bits per heavy atom. The molecular weight excluding hydrogens is 232 g/mol. The van der Waals surface area contributed by atoms with Crippen LogP contribution in [-0.4, -0.2) is 12.6 Å². The van der Waals surface area contributed by atoms with Crippen molar-refractivity contribution < 1.29 is 0 Å². The van der Waals surface area contributed by atoms with Gasteiger partial charge in [0.05, 0.1) is 0 Å². The minimum absolute atomic E-state index is 0.233. The lowest BCUT2D eigenvalue weighted by atomic mass is 9.94. The lowest BCUT2D eigenvalue weighted by Gasteiger charge is -2.28. The van der Waals surface area contributed by atoms with E-state index in [9.17, 15) is 0 Å². The third-order valence-electron chi connectivity index (χ3n) is 3.53. The average molecular weight is 253 g/mol. The Morgan fingerprint density at radius 2 is 2.06 bits per heavy atom. The van der Waals surface area contributed by atoms with Crippen molar-refractivity contribution >= 4 is 11.6 Å². The Balaban J connectivity index is 2.00. The number of hydrogen-bond acceptors (Lipinski definition) is 2. The van der Waals surface area contributed by atoms with E-state index in [0.29, 0.717) is 12.6 Å². The molecule has 2 rings (SSSR count). The van der Waals surface area contributed by atoms with E-state index >= 15 is 0 Å². The van der Waals surface area contributed by atoms with Crippen LogP contribution in [0.5, 0.6) is 0 Å². The fourth-order valence-electron chi connectivity index (χ4n) is 2.58. The van der Waals surface area contributed by atoms with Gasteiger partial charge in [0.1, 0.15) is 0 Å². The van der Waals surface area contributed by atoms with Gasteiger partial charge in [0, 0.05) is 23.7 Å². The van der Waals surface area contributed by atoms with Gasteiger partial charge in [-0.15, -0.1) is 0 Å². The minimum Gasteiger partial charge on any atom is -0.329 e. The second kappa shape index (κ2) is 6.39. The monoisotopic (exact) mass is 252 g/mol. The van der Waals surface area contributed by atoms with Crippen LogP contribution >= 0.6 is 11.6 Å². The number of nitrogens with one attached hydrogen (secondary N) is 1. The molecule has 0 radical (unpaired) electrons. The Hall–Kier alpha value is -0.570. The Bertz CT molecular complexity index is 348. The SMILES string of the molecule is NCC(NC1CCCCC1)c1cccc(Cl)c1. The maximum absolute atomic E-state index is 6.02. The van der Waals surface area contributed by atoms with Crippen molar-refractivity contribution in [3.63, 3.8) is 0 Å². The summed E-state index contributed by atoms with van der Waals surface area (Å²) in [6, 6.07) is 8.85. The van der Waals surface area contributed by atoms with Gasteiger partial charge in [0.15, 0.2) is 0 Å². The number of benzene rings is 1. The molecule has 1 aliphatic rings. The molecular formula is C14H21ClN2. The maximum atomic E-state index is 6.02. The molecule has 0 amide bonds. The topological polar surface area (TPSA) is 38.0 Å². The molecule has 1 aromatic carbocycles. The van der Waals surface area contributed by atoms with Gasteiger partial charge in [-0.2, -0.15) is 0 Å². The molecule has 0 aliphatic heterocycles. The number of nitrogens with two attached hydrogens (primary N) is 1. The quantitative estimate of drug-likeness (QED) is 0.863. The summed E-state index contributed by atoms with van der Waals surface area (Å²) >= 11 is 6.02. The molecule has 1 aliphatic carbocycles. The zero-order valence-electron chi connectivity index (χ0n) is 10.2. The zero-order chi connectivity index (χ0) is 12.1. The van der Waals surface area contributed by atoms with Crippen LogP contribution in [0.1, 0.15) is 43.7 Å². The van der Waals surface area contributed by atoms with Gasteiger partial charge < -0.3 is 11.1 Å². The standard InChI is InChI=1S/C14H21ClN2/c15-12-6-4-5-11(9-12)14(10-16)17-13-7-2-1-3-8-13/h4-6,9,13-14,17H,1-3,7-8,10,16H2. The molecule has 0 saturated heterocycles. The molecule has 0 bridgehead atoms. The Kier molecular flexibility index (Phi) is 4.84. The molecule has 3 heteroatoms. The van der Waals surface area contributed by atoms with Crippen LogP contribution in [0.3, 0.4) is 0 Å². The fourth-order valence-corrected chi connectivity index (χ4v) is 2.78. The largest absolute Gasteiger partial charge is 0.329 e. The highest BCUT2D eigenvalue weighted by molar-refractivity contribution is 6.30. The summed E-state index contributed by atoms with van der Waals surface area (Å²) in [6.45, 7) is 0.622. The van der Waals surface area contributed by atoms with E-state index in [2.05, 4.69) is 11.4 Å². The van der Waals surface area contributed by atoms with Crippen molar-refractivity contribution in [2.24, 2.45) is 5.73 Å². The predicted octanol–water partition coefficient (Wildman–Crippen LogP) is 3.26. The average Bonchev–Trinajstić information content (AvgIpc) is 2.37. The first-order chi connectivity index (χ1) is 8.29. The molecule has 0 spiro atoms. The molecule has 94 valence electrons. The van der Waals surface area contributed by atoms with Gasteiger partial charge in [0.25, 0.3) is 0 Å². The van der Waals surface area contributed by atoms with Crippen molar-refractivity contribution in [3.05, 3.63) is 34.9 Å². The van der Waals surface area contributed by atoms with E-state index in [0.717, 1.165) is 5.02 Å². The van der Waals surface area contributed by atoms with Crippen molar-refractivity contribution in [1.82, 2.24) is 5.32 Å². The highest BCUT2D eigenvalue weighted by Crippen LogP contribution is 2.22. The van der Waals surface area contributed by atoms with Gasteiger partial charge in [-0.05, 0) is 30.5 Å². The van der Waals surface area contributed by atoms with Gasteiger partial charge in [-0.3, -0.25) is 0 Å². The van der Waals surface area contributed by atoms with E-state index < -0.39 is 0 Å². The van der Waals surface area contributed by atoms with Gasteiger partial charge in [-0.25, -0.2) is 0 Å². The summed E-state index contributed by atoms with van der Waals surface area (Å²) in [6.07, 6.45) is 6.60. The lowest BCUT2D eigenvalue weighted by molar-refractivity contribution is 0.340. The molecule has 1 aromatic rings. The number of halogens is 1. The van der Waals surface area contributed by atoms with Crippen molar-refractivity contribution in [2.75, 3.05) is 6.54 Å². The third kappa shape index (κ3) is 3.70. The van der Waals surface area contributed by atoms with E-state index in [1.54, 1.807) is 0 Å². The molecule has 3 N–H and O–H groups in total. The van der Waals surface area contributed by atoms with Crippen LogP contribution in [-0.2, 0) is 0 Å². The first-order valence-corrected chi connectivity index (χ1v) is 6.89. The first-order valence-electron chi connectivity index (χ1n) is 6.51. The van der Waals surface area contributed by atoms with E-state index in [-0.39, 0.29) is 6.04 Å². The summed E-state index contributed by atoms with van der Waals surface area (Å²) in [5.74, 6) is 0. The number of rotatable bonds is 4. The van der Waals surface area contributed by atoms with Gasteiger partial charge in [0.2, 0.25) is 0 Å². The molecule has 1 atom stereocenters. The predicted molar refractivity (Wildman–Crippen MR) is 73.3 cm³/mol. The lowest BCUT2D eigenvalue weighted by Crippen LogP contribution is -2.37. The third-order valence-corrected chi connectivity index (χ3v) is 3.76. The Morgan fingerprint density at radius 1 is 1.29 bits per heavy atom. The van der Waals surface area contributed by atoms with E-state index in [1.165, 1.54) is 37.7 Å². The molecule has 1 fully saturated rings. The van der Waals surface area contributed by atoms with Crippen molar-refractivity contribution in [3.8, 4) is 0 Å². The van der Waals surface area contributed by atoms with Crippen LogP contribution in [0.4, 0.5) is 0 Å². The van der Waals surface area contributed by atoms with Crippen LogP contribution in [0.25, 0.3) is 0 Å². The van der Waals surface area contributed by atoms with Gasteiger partial charge >= 0.3 is 0 Å². The van der Waals surface area contributed by atoms with Crippen LogP contribution in [0, 0.1) is 0 Å². The minimum atomic E-state index is 0.233. The molecule has 2 nitrogen and oxygen atoms in total. The van der Waals surface area contributed by atoms with Crippen molar-refractivity contribution in [1.29, 1.82) is 0 Å². The van der Waals surface area contributed by atoms with E-state index in [4.69, 9.17) is 17.3 Å². The second-order valence-corrected chi connectivity index (χ2v) is 5.28. The van der Waals surface area contributed by atoms with Crippen LogP contribution in [0.15, 0.2) is 24.3 Å². The van der Waals surface area contributed by atoms with Gasteiger partial charge in [-0.1, -0.05) is 43.0 Å². The Labute approximate surface area is 109 Å². The molecule has 1 saturated carbocycles. The fraction of sp³-hybridized carbons (Fsp3) is 0.571. The first kappa shape index (κ1) is 12.9. The maximum Gasteiger partial charge on any atom is 0.0447 e. The molecule has 0 aromatic heterocycles. The molecule has 0 heterocycles. The summed E-state index contributed by atoms with van der Waals surface area (Å²) in [5.41, 5.74) is 7.07. The zero-order valence-corrected chi connectivity index (χ0v) is 10.9. The summed E-state index contributed by atoms with van der Waals surface area (Å²) < 4.78 is 0. The smallest absolute Gasteiger partial charge is 0.0447 e. The van der Waals surface area contributed by atoms with E-state index in [1.807, 2.05) is 18.2 Å². The van der Waals surface area contributed by atoms with Crippen LogP contribution < -0.4 is 11.1 Å². The highest BCUT2D eigenvalue weighted by atomic mass is 35.5. The summed E-state index contributed by atoms with van der Waals surface area (Å²) in [4.78, 5) is 0. The summed E-state index contributed by atoms with van der Waals surface area (Å²) in [7, 11) is 0. The summed E-state index contributed by atoms with van der Waals surface area (Å²) in [5, 5.41) is 4.45. The second-order valence-electron chi connectivity index (χ2n) is 4.84. The molecule has 1 unspecified atom stereocenters. The number of hydrogen-bond donors (Lipinski definition) is 2. The highest BCUT2D eigenvalue weighted by Gasteiger charge is 2.18.